The SMILES string of the molecule is CCOC(=O)NC(=O)CN1CCNC(=O)C1CC(=O)O. The lowest BCUT2D eigenvalue weighted by molar-refractivity contribution is -0.144. The fourth-order valence-electron chi connectivity index (χ4n) is 1.84. The first-order valence-corrected chi connectivity index (χ1v) is 6.14. The van der Waals surface area contributed by atoms with E-state index in [2.05, 4.69) is 10.1 Å². The zero-order valence-electron chi connectivity index (χ0n) is 11.0. The lowest BCUT2D eigenvalue weighted by atomic mass is 10.1. The molecule has 1 saturated heterocycles. The van der Waals surface area contributed by atoms with Gasteiger partial charge in [-0.25, -0.2) is 4.79 Å². The van der Waals surface area contributed by atoms with Gasteiger partial charge in [0.1, 0.15) is 6.04 Å². The lowest BCUT2D eigenvalue weighted by Gasteiger charge is -2.33. The zero-order chi connectivity index (χ0) is 15.1. The maximum atomic E-state index is 11.6. The molecule has 3 amide bonds. The maximum Gasteiger partial charge on any atom is 0.413 e. The predicted octanol–water partition coefficient (Wildman–Crippen LogP) is -1.47. The Morgan fingerprint density at radius 3 is 2.80 bits per heavy atom. The highest BCUT2D eigenvalue weighted by molar-refractivity contribution is 5.93. The Labute approximate surface area is 115 Å². The third-order valence-corrected chi connectivity index (χ3v) is 2.67. The number of piperazine rings is 1. The minimum atomic E-state index is -1.14. The zero-order valence-corrected chi connectivity index (χ0v) is 11.0. The number of hydrogen-bond acceptors (Lipinski definition) is 6. The van der Waals surface area contributed by atoms with Crippen LogP contribution in [0.5, 0.6) is 0 Å². The Hall–Kier alpha value is -2.16. The molecule has 20 heavy (non-hydrogen) atoms. The second kappa shape index (κ2) is 7.43. The van der Waals surface area contributed by atoms with Crippen LogP contribution in [0.1, 0.15) is 13.3 Å². The van der Waals surface area contributed by atoms with Crippen molar-refractivity contribution in [3.05, 3.63) is 0 Å². The van der Waals surface area contributed by atoms with Crippen LogP contribution in [0.2, 0.25) is 0 Å². The summed E-state index contributed by atoms with van der Waals surface area (Å²) >= 11 is 0. The van der Waals surface area contributed by atoms with Gasteiger partial charge >= 0.3 is 12.1 Å². The van der Waals surface area contributed by atoms with E-state index >= 15 is 0 Å². The van der Waals surface area contributed by atoms with Crippen LogP contribution in [0, 0.1) is 0 Å². The molecule has 1 aliphatic rings. The van der Waals surface area contributed by atoms with Crippen LogP contribution in [0.25, 0.3) is 0 Å². The number of ether oxygens (including phenoxy) is 1. The van der Waals surface area contributed by atoms with E-state index in [0.29, 0.717) is 13.1 Å². The smallest absolute Gasteiger partial charge is 0.413 e. The first-order valence-electron chi connectivity index (χ1n) is 6.14. The molecule has 0 aromatic rings. The standard InChI is InChI=1S/C11H17N3O6/c1-2-20-11(19)13-8(15)6-14-4-3-12-10(18)7(14)5-9(16)17/h7H,2-6H2,1H3,(H,12,18)(H,16,17)(H,13,15,19). The number of carbonyl (C=O) groups excluding carboxylic acids is 3. The highest BCUT2D eigenvalue weighted by Crippen LogP contribution is 2.08. The van der Waals surface area contributed by atoms with Crippen LogP contribution in [-0.4, -0.2) is 66.2 Å². The van der Waals surface area contributed by atoms with Crippen molar-refractivity contribution in [2.75, 3.05) is 26.2 Å². The van der Waals surface area contributed by atoms with Crippen molar-refractivity contribution in [2.24, 2.45) is 0 Å². The highest BCUT2D eigenvalue weighted by Gasteiger charge is 2.32. The summed E-state index contributed by atoms with van der Waals surface area (Å²) in [5.74, 6) is -2.22. The monoisotopic (exact) mass is 287 g/mol. The molecule has 112 valence electrons. The number of nitrogens with one attached hydrogen (secondary N) is 2. The van der Waals surface area contributed by atoms with Crippen LogP contribution in [0.3, 0.4) is 0 Å². The van der Waals surface area contributed by atoms with Crippen molar-refractivity contribution >= 4 is 23.9 Å². The van der Waals surface area contributed by atoms with E-state index in [0.717, 1.165) is 0 Å². The average Bonchev–Trinajstić information content (AvgIpc) is 2.33. The molecule has 1 heterocycles. The fraction of sp³-hybridized carbons (Fsp3) is 0.636. The molecule has 1 unspecified atom stereocenters. The molecule has 0 aromatic heterocycles. The Bertz CT molecular complexity index is 411. The van der Waals surface area contributed by atoms with Gasteiger partial charge in [0.2, 0.25) is 11.8 Å². The summed E-state index contributed by atoms with van der Waals surface area (Å²) in [5.41, 5.74) is 0. The molecule has 1 rings (SSSR count). The Balaban J connectivity index is 2.58. The van der Waals surface area contributed by atoms with Gasteiger partial charge in [-0.15, -0.1) is 0 Å². The van der Waals surface area contributed by atoms with E-state index in [9.17, 15) is 19.2 Å². The Morgan fingerprint density at radius 1 is 1.50 bits per heavy atom. The molecule has 0 aliphatic carbocycles. The average molecular weight is 287 g/mol. The van der Waals surface area contributed by atoms with E-state index < -0.39 is 36.3 Å². The number of amides is 3. The topological polar surface area (TPSA) is 125 Å². The third kappa shape index (κ3) is 4.84. The molecular formula is C11H17N3O6. The first kappa shape index (κ1) is 15.9. The van der Waals surface area contributed by atoms with Crippen molar-refractivity contribution in [2.45, 2.75) is 19.4 Å². The van der Waals surface area contributed by atoms with Gasteiger partial charge in [0.25, 0.3) is 0 Å². The summed E-state index contributed by atoms with van der Waals surface area (Å²) in [6.45, 7) is 2.14. The van der Waals surface area contributed by atoms with Crippen LogP contribution >= 0.6 is 0 Å². The van der Waals surface area contributed by atoms with Crippen molar-refractivity contribution in [3.63, 3.8) is 0 Å². The lowest BCUT2D eigenvalue weighted by Crippen LogP contribution is -2.58. The van der Waals surface area contributed by atoms with Crippen molar-refractivity contribution in [1.82, 2.24) is 15.5 Å². The summed E-state index contributed by atoms with van der Waals surface area (Å²) in [5, 5.41) is 13.3. The van der Waals surface area contributed by atoms with Gasteiger partial charge in [-0.1, -0.05) is 0 Å². The molecular weight excluding hydrogens is 270 g/mol. The molecule has 9 heteroatoms. The van der Waals surface area contributed by atoms with Gasteiger partial charge in [-0.2, -0.15) is 0 Å². The van der Waals surface area contributed by atoms with E-state index in [4.69, 9.17) is 5.11 Å². The van der Waals surface area contributed by atoms with Gasteiger partial charge in [0.15, 0.2) is 0 Å². The minimum Gasteiger partial charge on any atom is -0.481 e. The van der Waals surface area contributed by atoms with Crippen LogP contribution in [-0.2, 0) is 19.1 Å². The summed E-state index contributed by atoms with van der Waals surface area (Å²) in [4.78, 5) is 46.4. The quantitative estimate of drug-likeness (QED) is 0.564. The molecule has 1 atom stereocenters. The number of carboxylic acids is 1. The van der Waals surface area contributed by atoms with Crippen LogP contribution < -0.4 is 10.6 Å². The summed E-state index contributed by atoms with van der Waals surface area (Å²) < 4.78 is 4.55. The molecule has 0 saturated carbocycles. The molecule has 1 fully saturated rings. The van der Waals surface area contributed by atoms with E-state index in [-0.39, 0.29) is 13.2 Å². The van der Waals surface area contributed by atoms with Gasteiger partial charge in [0.05, 0.1) is 19.6 Å². The molecule has 0 bridgehead atoms. The highest BCUT2D eigenvalue weighted by atomic mass is 16.5. The van der Waals surface area contributed by atoms with Crippen molar-refractivity contribution in [1.29, 1.82) is 0 Å². The largest absolute Gasteiger partial charge is 0.481 e. The van der Waals surface area contributed by atoms with Gasteiger partial charge in [0, 0.05) is 13.1 Å². The normalized spacial score (nSPS) is 19.1. The number of nitrogens with zero attached hydrogens (tertiary/aromatic N) is 1. The van der Waals surface area contributed by atoms with Crippen molar-refractivity contribution in [3.8, 4) is 0 Å². The van der Waals surface area contributed by atoms with E-state index in [1.54, 1.807) is 6.92 Å². The molecule has 1 aliphatic heterocycles. The summed E-state index contributed by atoms with van der Waals surface area (Å²) in [6, 6.07) is -0.922. The Kier molecular flexibility index (Phi) is 5.91. The number of imide groups is 1. The number of aliphatic carboxylic acids is 1. The maximum absolute atomic E-state index is 11.6. The number of rotatable bonds is 5. The van der Waals surface area contributed by atoms with Gasteiger partial charge in [-0.05, 0) is 6.92 Å². The van der Waals surface area contributed by atoms with Crippen LogP contribution in [0.4, 0.5) is 4.79 Å². The molecule has 0 aromatic carbocycles. The fourth-order valence-corrected chi connectivity index (χ4v) is 1.84. The summed E-state index contributed by atoms with van der Waals surface area (Å²) in [7, 11) is 0. The van der Waals surface area contributed by atoms with Crippen LogP contribution in [0.15, 0.2) is 0 Å². The molecule has 9 nitrogen and oxygen atoms in total. The number of hydrogen-bond donors (Lipinski definition) is 3. The number of alkyl carbamates (subject to hydrolysis) is 1. The predicted molar refractivity (Wildman–Crippen MR) is 65.8 cm³/mol. The Morgan fingerprint density at radius 2 is 2.20 bits per heavy atom. The van der Waals surface area contributed by atoms with Gasteiger partial charge in [-0.3, -0.25) is 24.6 Å². The second-order valence-corrected chi connectivity index (χ2v) is 4.14. The molecule has 0 radical (unpaired) electrons. The number of carbonyl (C=O) groups is 4. The van der Waals surface area contributed by atoms with E-state index in [1.165, 1.54) is 4.90 Å². The van der Waals surface area contributed by atoms with E-state index in [1.807, 2.05) is 5.32 Å². The van der Waals surface area contributed by atoms with Crippen molar-refractivity contribution < 1.29 is 29.0 Å². The molecule has 0 spiro atoms. The number of carboxylic acid groups (broad SMARTS) is 1. The summed E-state index contributed by atoms with van der Waals surface area (Å²) in [6.07, 6.45) is -1.27. The third-order valence-electron chi connectivity index (χ3n) is 2.67. The minimum absolute atomic E-state index is 0.132. The van der Waals surface area contributed by atoms with Gasteiger partial charge < -0.3 is 15.2 Å². The first-order chi connectivity index (χ1) is 9.43. The second-order valence-electron chi connectivity index (χ2n) is 4.14. The molecule has 3 N–H and O–H groups in total.